The first-order valence-electron chi connectivity index (χ1n) is 6.43. The van der Waals surface area contributed by atoms with Crippen molar-refractivity contribution in [1.29, 1.82) is 0 Å². The zero-order chi connectivity index (χ0) is 12.4. The standard InChI is InChI=1S/C13H26F2O/c1-4-16-11-13(14,15)10-8-6-5-7-9-12(2)3/h12H,4-11H2,1-3H3. The topological polar surface area (TPSA) is 9.23 Å². The third-order valence-electron chi connectivity index (χ3n) is 2.59. The van der Waals surface area contributed by atoms with E-state index in [2.05, 4.69) is 13.8 Å². The first kappa shape index (κ1) is 15.8. The van der Waals surface area contributed by atoms with Gasteiger partial charge in [-0.15, -0.1) is 0 Å². The summed E-state index contributed by atoms with van der Waals surface area (Å²) in [5.41, 5.74) is 0. The Bertz CT molecular complexity index is 158. The van der Waals surface area contributed by atoms with Crippen molar-refractivity contribution < 1.29 is 13.5 Å². The van der Waals surface area contributed by atoms with E-state index in [4.69, 9.17) is 4.74 Å². The molecule has 0 aromatic heterocycles. The van der Waals surface area contributed by atoms with Gasteiger partial charge in [0.25, 0.3) is 5.92 Å². The fourth-order valence-corrected chi connectivity index (χ4v) is 1.61. The molecule has 1 nitrogen and oxygen atoms in total. The molecule has 3 heteroatoms. The molecule has 16 heavy (non-hydrogen) atoms. The molecule has 0 aliphatic rings. The highest BCUT2D eigenvalue weighted by molar-refractivity contribution is 4.65. The molecule has 0 aromatic carbocycles. The van der Waals surface area contributed by atoms with E-state index in [1.165, 1.54) is 6.42 Å². The number of ether oxygens (including phenoxy) is 1. The van der Waals surface area contributed by atoms with Crippen LogP contribution in [-0.4, -0.2) is 19.1 Å². The normalized spacial score (nSPS) is 12.4. The van der Waals surface area contributed by atoms with Crippen molar-refractivity contribution in [2.24, 2.45) is 5.92 Å². The van der Waals surface area contributed by atoms with Crippen LogP contribution in [0.25, 0.3) is 0 Å². The molecule has 0 unspecified atom stereocenters. The van der Waals surface area contributed by atoms with E-state index >= 15 is 0 Å². The Morgan fingerprint density at radius 3 is 2.25 bits per heavy atom. The Hall–Kier alpha value is -0.180. The molecule has 0 aliphatic heterocycles. The lowest BCUT2D eigenvalue weighted by Gasteiger charge is -2.15. The Morgan fingerprint density at radius 2 is 1.69 bits per heavy atom. The van der Waals surface area contributed by atoms with Crippen LogP contribution in [0.5, 0.6) is 0 Å². The minimum atomic E-state index is -2.63. The molecule has 0 fully saturated rings. The molecule has 0 saturated heterocycles. The van der Waals surface area contributed by atoms with E-state index in [9.17, 15) is 8.78 Å². The fourth-order valence-electron chi connectivity index (χ4n) is 1.61. The second-order valence-electron chi connectivity index (χ2n) is 4.84. The summed E-state index contributed by atoms with van der Waals surface area (Å²) in [6.45, 7) is 6.06. The molecule has 0 spiro atoms. The van der Waals surface area contributed by atoms with Crippen LogP contribution in [-0.2, 0) is 4.74 Å². The Morgan fingerprint density at radius 1 is 1.06 bits per heavy atom. The van der Waals surface area contributed by atoms with Gasteiger partial charge in [-0.05, 0) is 19.3 Å². The lowest BCUT2D eigenvalue weighted by Crippen LogP contribution is -2.23. The molecule has 0 amide bonds. The summed E-state index contributed by atoms with van der Waals surface area (Å²) >= 11 is 0. The predicted molar refractivity (Wildman–Crippen MR) is 64.0 cm³/mol. The second-order valence-corrected chi connectivity index (χ2v) is 4.84. The van der Waals surface area contributed by atoms with Crippen LogP contribution in [0.15, 0.2) is 0 Å². The molecule has 0 bridgehead atoms. The molecule has 0 radical (unpaired) electrons. The second kappa shape index (κ2) is 8.91. The molecule has 0 aliphatic carbocycles. The van der Waals surface area contributed by atoms with Crippen molar-refractivity contribution in [3.63, 3.8) is 0 Å². The van der Waals surface area contributed by atoms with Gasteiger partial charge in [0.15, 0.2) is 0 Å². The highest BCUT2D eigenvalue weighted by Crippen LogP contribution is 2.22. The Labute approximate surface area is 98.6 Å². The summed E-state index contributed by atoms with van der Waals surface area (Å²) in [5.74, 6) is -1.91. The molecule has 0 saturated carbocycles. The number of rotatable bonds is 10. The van der Waals surface area contributed by atoms with Gasteiger partial charge < -0.3 is 4.74 Å². The summed E-state index contributed by atoms with van der Waals surface area (Å²) in [5, 5.41) is 0. The summed E-state index contributed by atoms with van der Waals surface area (Å²) in [7, 11) is 0. The van der Waals surface area contributed by atoms with Gasteiger partial charge in [0.2, 0.25) is 0 Å². The van der Waals surface area contributed by atoms with Gasteiger partial charge in [0.1, 0.15) is 6.61 Å². The summed E-state index contributed by atoms with van der Waals surface area (Å²) in [4.78, 5) is 0. The van der Waals surface area contributed by atoms with Crippen LogP contribution in [0, 0.1) is 5.92 Å². The summed E-state index contributed by atoms with van der Waals surface area (Å²) in [6, 6.07) is 0. The number of unbranched alkanes of at least 4 members (excludes halogenated alkanes) is 3. The quantitative estimate of drug-likeness (QED) is 0.501. The van der Waals surface area contributed by atoms with Crippen molar-refractivity contribution in [2.45, 2.75) is 65.2 Å². The monoisotopic (exact) mass is 236 g/mol. The summed E-state index contributed by atoms with van der Waals surface area (Å²) in [6.07, 6.45) is 4.92. The third kappa shape index (κ3) is 10.3. The molecule has 0 rings (SSSR count). The van der Waals surface area contributed by atoms with Crippen molar-refractivity contribution in [3.05, 3.63) is 0 Å². The van der Waals surface area contributed by atoms with Crippen LogP contribution >= 0.6 is 0 Å². The highest BCUT2D eigenvalue weighted by Gasteiger charge is 2.27. The molecular weight excluding hydrogens is 210 g/mol. The van der Waals surface area contributed by atoms with Crippen LogP contribution in [0.1, 0.15) is 59.3 Å². The first-order chi connectivity index (χ1) is 7.48. The average molecular weight is 236 g/mol. The molecule has 0 heterocycles. The summed E-state index contributed by atoms with van der Waals surface area (Å²) < 4.78 is 31.0. The smallest absolute Gasteiger partial charge is 0.270 e. The molecule has 0 N–H and O–H groups in total. The van der Waals surface area contributed by atoms with E-state index < -0.39 is 12.5 Å². The van der Waals surface area contributed by atoms with Crippen molar-refractivity contribution in [3.8, 4) is 0 Å². The van der Waals surface area contributed by atoms with E-state index in [0.717, 1.165) is 25.2 Å². The zero-order valence-electron chi connectivity index (χ0n) is 10.9. The maximum Gasteiger partial charge on any atom is 0.270 e. The van der Waals surface area contributed by atoms with E-state index in [1.807, 2.05) is 0 Å². The van der Waals surface area contributed by atoms with Gasteiger partial charge in [0, 0.05) is 13.0 Å². The van der Waals surface area contributed by atoms with Crippen LogP contribution in [0.2, 0.25) is 0 Å². The molecule has 98 valence electrons. The largest absolute Gasteiger partial charge is 0.375 e. The number of hydrogen-bond acceptors (Lipinski definition) is 1. The highest BCUT2D eigenvalue weighted by atomic mass is 19.3. The van der Waals surface area contributed by atoms with Crippen LogP contribution in [0.3, 0.4) is 0 Å². The Balaban J connectivity index is 3.35. The van der Waals surface area contributed by atoms with Crippen LogP contribution in [0.4, 0.5) is 8.78 Å². The lowest BCUT2D eigenvalue weighted by molar-refractivity contribution is -0.0810. The minimum absolute atomic E-state index is 0.0331. The first-order valence-corrected chi connectivity index (χ1v) is 6.43. The number of halogens is 2. The third-order valence-corrected chi connectivity index (χ3v) is 2.59. The average Bonchev–Trinajstić information content (AvgIpc) is 2.20. The van der Waals surface area contributed by atoms with Gasteiger partial charge in [-0.25, -0.2) is 8.78 Å². The molecule has 0 aromatic rings. The molecule has 0 atom stereocenters. The van der Waals surface area contributed by atoms with E-state index in [-0.39, 0.29) is 6.42 Å². The van der Waals surface area contributed by atoms with E-state index in [0.29, 0.717) is 13.0 Å². The maximum atomic E-state index is 13.1. The van der Waals surface area contributed by atoms with Crippen molar-refractivity contribution in [2.75, 3.05) is 13.2 Å². The number of hydrogen-bond donors (Lipinski definition) is 0. The van der Waals surface area contributed by atoms with Gasteiger partial charge in [-0.2, -0.15) is 0 Å². The van der Waals surface area contributed by atoms with Crippen molar-refractivity contribution >= 4 is 0 Å². The Kier molecular flexibility index (Phi) is 8.81. The SMILES string of the molecule is CCOCC(F)(F)CCCCCCC(C)C. The fraction of sp³-hybridized carbons (Fsp3) is 1.00. The van der Waals surface area contributed by atoms with Crippen LogP contribution < -0.4 is 0 Å². The van der Waals surface area contributed by atoms with E-state index in [1.54, 1.807) is 6.92 Å². The van der Waals surface area contributed by atoms with Crippen molar-refractivity contribution in [1.82, 2.24) is 0 Å². The predicted octanol–water partition coefficient (Wildman–Crippen LogP) is 4.65. The van der Waals surface area contributed by atoms with Gasteiger partial charge >= 0.3 is 0 Å². The lowest BCUT2D eigenvalue weighted by atomic mass is 10.0. The van der Waals surface area contributed by atoms with Gasteiger partial charge in [0.05, 0.1) is 0 Å². The van der Waals surface area contributed by atoms with Gasteiger partial charge in [-0.1, -0.05) is 39.5 Å². The zero-order valence-corrected chi connectivity index (χ0v) is 10.9. The van der Waals surface area contributed by atoms with Gasteiger partial charge in [-0.3, -0.25) is 0 Å². The maximum absolute atomic E-state index is 13.1. The minimum Gasteiger partial charge on any atom is -0.375 e. The molecular formula is C13H26F2O. The number of alkyl halides is 2.